The first-order valence-corrected chi connectivity index (χ1v) is 7.94. The number of nitrogens with zero attached hydrogens (tertiary/aromatic N) is 2. The number of rotatable bonds is 1. The van der Waals surface area contributed by atoms with E-state index in [-0.39, 0.29) is 17.8 Å². The van der Waals surface area contributed by atoms with Crippen molar-refractivity contribution < 1.29 is 13.9 Å². The van der Waals surface area contributed by atoms with Gasteiger partial charge in [-0.05, 0) is 39.7 Å². The van der Waals surface area contributed by atoms with Gasteiger partial charge in [0.15, 0.2) is 5.82 Å². The molecule has 0 spiro atoms. The predicted octanol–water partition coefficient (Wildman–Crippen LogP) is 3.82. The second-order valence-electron chi connectivity index (χ2n) is 7.00. The van der Waals surface area contributed by atoms with Gasteiger partial charge >= 0.3 is 6.09 Å². The molecule has 2 aromatic heterocycles. The monoisotopic (exact) mass is 319 g/mol. The minimum Gasteiger partial charge on any atom is -0.444 e. The van der Waals surface area contributed by atoms with Crippen LogP contribution < -0.4 is 0 Å². The molecule has 1 saturated heterocycles. The van der Waals surface area contributed by atoms with E-state index < -0.39 is 5.60 Å². The van der Waals surface area contributed by atoms with E-state index in [1.54, 1.807) is 11.1 Å². The predicted molar refractivity (Wildman–Crippen MR) is 85.8 cm³/mol. The lowest BCUT2D eigenvalue weighted by atomic mass is 9.91. The highest BCUT2D eigenvalue weighted by Crippen LogP contribution is 2.32. The van der Waals surface area contributed by atoms with Gasteiger partial charge in [-0.3, -0.25) is 4.98 Å². The number of aromatic amines is 1. The molecule has 23 heavy (non-hydrogen) atoms. The number of amides is 1. The van der Waals surface area contributed by atoms with Gasteiger partial charge < -0.3 is 14.6 Å². The largest absolute Gasteiger partial charge is 0.444 e. The number of H-pyrrole nitrogens is 1. The molecule has 0 atom stereocenters. The van der Waals surface area contributed by atoms with Gasteiger partial charge in [0.2, 0.25) is 0 Å². The topological polar surface area (TPSA) is 58.2 Å². The molecule has 1 N–H and O–H groups in total. The van der Waals surface area contributed by atoms with Crippen molar-refractivity contribution >= 4 is 17.0 Å². The van der Waals surface area contributed by atoms with Crippen LogP contribution in [-0.2, 0) is 4.74 Å². The molecule has 0 radical (unpaired) electrons. The third-order valence-electron chi connectivity index (χ3n) is 4.11. The molecule has 0 aromatic carbocycles. The lowest BCUT2D eigenvalue weighted by Crippen LogP contribution is -2.41. The lowest BCUT2D eigenvalue weighted by molar-refractivity contribution is 0.0204. The number of piperidine rings is 1. The van der Waals surface area contributed by atoms with Crippen LogP contribution in [0.3, 0.4) is 0 Å². The second-order valence-corrected chi connectivity index (χ2v) is 7.00. The van der Waals surface area contributed by atoms with Crippen LogP contribution in [0.1, 0.15) is 45.2 Å². The van der Waals surface area contributed by atoms with E-state index in [2.05, 4.69) is 9.97 Å². The van der Waals surface area contributed by atoms with Crippen molar-refractivity contribution in [2.24, 2.45) is 0 Å². The summed E-state index contributed by atoms with van der Waals surface area (Å²) in [5, 5.41) is 0.834. The molecule has 1 aliphatic rings. The van der Waals surface area contributed by atoms with Crippen LogP contribution in [0, 0.1) is 5.82 Å². The molecular weight excluding hydrogens is 297 g/mol. The molecule has 6 heteroatoms. The van der Waals surface area contributed by atoms with Crippen LogP contribution in [0.15, 0.2) is 18.5 Å². The number of hydrogen-bond donors (Lipinski definition) is 1. The zero-order valence-electron chi connectivity index (χ0n) is 13.7. The van der Waals surface area contributed by atoms with Crippen molar-refractivity contribution in [1.29, 1.82) is 0 Å². The second kappa shape index (κ2) is 5.83. The summed E-state index contributed by atoms with van der Waals surface area (Å²) in [6.07, 6.45) is 4.34. The fraction of sp³-hybridized carbons (Fsp3) is 0.529. The molecule has 1 amide bonds. The molecule has 5 nitrogen and oxygen atoms in total. The van der Waals surface area contributed by atoms with E-state index in [0.717, 1.165) is 23.9 Å². The van der Waals surface area contributed by atoms with Gasteiger partial charge in [0.1, 0.15) is 5.60 Å². The molecule has 0 saturated carbocycles. The lowest BCUT2D eigenvalue weighted by Gasteiger charge is -2.33. The highest BCUT2D eigenvalue weighted by Gasteiger charge is 2.29. The van der Waals surface area contributed by atoms with Crippen molar-refractivity contribution in [1.82, 2.24) is 14.9 Å². The molecule has 0 aliphatic carbocycles. The van der Waals surface area contributed by atoms with Crippen molar-refractivity contribution in [3.63, 3.8) is 0 Å². The number of hydrogen-bond acceptors (Lipinski definition) is 3. The molecule has 0 bridgehead atoms. The molecule has 1 fully saturated rings. The van der Waals surface area contributed by atoms with Crippen molar-refractivity contribution in [3.05, 3.63) is 30.0 Å². The summed E-state index contributed by atoms with van der Waals surface area (Å²) in [5.41, 5.74) is 0.931. The van der Waals surface area contributed by atoms with E-state index in [1.165, 1.54) is 6.20 Å². The fourth-order valence-electron chi connectivity index (χ4n) is 3.03. The Morgan fingerprint density at radius 3 is 2.74 bits per heavy atom. The summed E-state index contributed by atoms with van der Waals surface area (Å²) >= 11 is 0. The van der Waals surface area contributed by atoms with Gasteiger partial charge in [-0.15, -0.1) is 0 Å². The normalized spacial score (nSPS) is 16.8. The SMILES string of the molecule is CC(C)(C)OC(=O)N1CCC(c2ncc(F)c3[nH]ccc23)CC1. The van der Waals surface area contributed by atoms with Crippen molar-refractivity contribution in [2.45, 2.75) is 45.1 Å². The number of ether oxygens (including phenoxy) is 1. The first-order valence-electron chi connectivity index (χ1n) is 7.94. The zero-order chi connectivity index (χ0) is 16.6. The van der Waals surface area contributed by atoms with E-state index >= 15 is 0 Å². The van der Waals surface area contributed by atoms with Gasteiger partial charge in [-0.2, -0.15) is 0 Å². The zero-order valence-corrected chi connectivity index (χ0v) is 13.7. The number of carbonyl (C=O) groups is 1. The first-order chi connectivity index (χ1) is 10.8. The Labute approximate surface area is 134 Å². The quantitative estimate of drug-likeness (QED) is 0.869. The Balaban J connectivity index is 1.70. The standard InChI is InChI=1S/C17H22FN3O2/c1-17(2,3)23-16(22)21-8-5-11(6-9-21)14-12-4-7-19-15(12)13(18)10-20-14/h4,7,10-11,19H,5-6,8-9H2,1-3H3. The first kappa shape index (κ1) is 15.8. The van der Waals surface area contributed by atoms with E-state index in [1.807, 2.05) is 26.8 Å². The maximum Gasteiger partial charge on any atom is 0.410 e. The number of likely N-dealkylation sites (tertiary alicyclic amines) is 1. The summed E-state index contributed by atoms with van der Waals surface area (Å²) in [5.74, 6) is -0.104. The summed E-state index contributed by atoms with van der Waals surface area (Å²) < 4.78 is 19.1. The Kier molecular flexibility index (Phi) is 4.00. The Bertz CT molecular complexity index is 712. The highest BCUT2D eigenvalue weighted by molar-refractivity contribution is 5.82. The minimum absolute atomic E-state index is 0.229. The van der Waals surface area contributed by atoms with Crippen LogP contribution in [0.4, 0.5) is 9.18 Å². The summed E-state index contributed by atoms with van der Waals surface area (Å²) in [7, 11) is 0. The molecule has 2 aromatic rings. The maximum absolute atomic E-state index is 13.7. The van der Waals surface area contributed by atoms with Crippen LogP contribution in [0.25, 0.3) is 10.9 Å². The molecule has 1 aliphatic heterocycles. The third kappa shape index (κ3) is 3.30. The molecule has 0 unspecified atom stereocenters. The molecule has 3 heterocycles. The van der Waals surface area contributed by atoms with Crippen LogP contribution in [0.5, 0.6) is 0 Å². The summed E-state index contributed by atoms with van der Waals surface area (Å²) in [6.45, 7) is 6.85. The van der Waals surface area contributed by atoms with E-state index in [4.69, 9.17) is 4.74 Å². The van der Waals surface area contributed by atoms with E-state index in [0.29, 0.717) is 18.6 Å². The Hall–Kier alpha value is -2.11. The minimum atomic E-state index is -0.482. The Morgan fingerprint density at radius 1 is 1.39 bits per heavy atom. The molecular formula is C17H22FN3O2. The number of halogens is 1. The molecule has 124 valence electrons. The maximum atomic E-state index is 13.7. The highest BCUT2D eigenvalue weighted by atomic mass is 19.1. The number of carbonyl (C=O) groups excluding carboxylic acids is 1. The Morgan fingerprint density at radius 2 is 2.09 bits per heavy atom. The van der Waals surface area contributed by atoms with E-state index in [9.17, 15) is 9.18 Å². The number of aromatic nitrogens is 2. The van der Waals surface area contributed by atoms with Gasteiger partial charge in [0.05, 0.1) is 17.4 Å². The van der Waals surface area contributed by atoms with Crippen molar-refractivity contribution in [3.8, 4) is 0 Å². The van der Waals surface area contributed by atoms with Gasteiger partial charge in [0, 0.05) is 30.6 Å². The van der Waals surface area contributed by atoms with Crippen LogP contribution in [-0.4, -0.2) is 39.7 Å². The number of fused-ring (bicyclic) bond motifs is 1. The van der Waals surface area contributed by atoms with Gasteiger partial charge in [-0.25, -0.2) is 9.18 Å². The number of nitrogens with one attached hydrogen (secondary N) is 1. The average Bonchev–Trinajstić information content (AvgIpc) is 2.96. The van der Waals surface area contributed by atoms with Crippen LogP contribution >= 0.6 is 0 Å². The van der Waals surface area contributed by atoms with Gasteiger partial charge in [0.25, 0.3) is 0 Å². The van der Waals surface area contributed by atoms with Crippen LogP contribution in [0.2, 0.25) is 0 Å². The van der Waals surface area contributed by atoms with Gasteiger partial charge in [-0.1, -0.05) is 0 Å². The average molecular weight is 319 g/mol. The smallest absolute Gasteiger partial charge is 0.410 e. The number of pyridine rings is 1. The third-order valence-corrected chi connectivity index (χ3v) is 4.11. The fourth-order valence-corrected chi connectivity index (χ4v) is 3.03. The summed E-state index contributed by atoms with van der Waals surface area (Å²) in [4.78, 5) is 21.1. The molecule has 3 rings (SSSR count). The van der Waals surface area contributed by atoms with Crippen molar-refractivity contribution in [2.75, 3.05) is 13.1 Å². The summed E-state index contributed by atoms with van der Waals surface area (Å²) in [6, 6.07) is 1.86.